The van der Waals surface area contributed by atoms with Gasteiger partial charge in [-0.25, -0.2) is 4.39 Å². The number of hydrogen-bond acceptors (Lipinski definition) is 3. The van der Waals surface area contributed by atoms with Crippen LogP contribution >= 0.6 is 0 Å². The van der Waals surface area contributed by atoms with E-state index in [-0.39, 0.29) is 41.7 Å². The first-order chi connectivity index (χ1) is 15.5. The Kier molecular flexibility index (Phi) is 6.53. The number of nitrogens with zero attached hydrogens (tertiary/aromatic N) is 2. The summed E-state index contributed by atoms with van der Waals surface area (Å²) in [6.07, 6.45) is 2.35. The van der Waals surface area contributed by atoms with Crippen molar-refractivity contribution in [3.63, 3.8) is 0 Å². The Hall–Kier alpha value is -3.22. The van der Waals surface area contributed by atoms with Gasteiger partial charge in [-0.2, -0.15) is 0 Å². The predicted octanol–water partition coefficient (Wildman–Crippen LogP) is 3.16. The molecule has 32 heavy (non-hydrogen) atoms. The molecule has 2 heterocycles. The van der Waals surface area contributed by atoms with Gasteiger partial charge >= 0.3 is 0 Å². The van der Waals surface area contributed by atoms with Crippen LogP contribution in [0.5, 0.6) is 0 Å². The van der Waals surface area contributed by atoms with Crippen molar-refractivity contribution in [3.05, 3.63) is 65.5 Å². The number of carbonyl (C=O) groups excluding carboxylic acids is 3. The maximum Gasteiger partial charge on any atom is 0.256 e. The molecule has 2 aliphatic rings. The maximum atomic E-state index is 13.9. The number of likely N-dealkylation sites (tertiary alicyclic amines) is 1. The molecule has 2 aromatic carbocycles. The van der Waals surface area contributed by atoms with Gasteiger partial charge in [-0.3, -0.25) is 14.4 Å². The SMILES string of the molecule is CCc1ccc(N2CC(C(=O)NC3CCN(C(=O)c4ccccc4F)CC3)CC2=O)cc1. The molecule has 2 fully saturated rings. The Labute approximate surface area is 187 Å². The molecule has 0 aromatic heterocycles. The van der Waals surface area contributed by atoms with E-state index in [9.17, 15) is 18.8 Å². The molecule has 0 aliphatic carbocycles. The lowest BCUT2D eigenvalue weighted by molar-refractivity contribution is -0.127. The fourth-order valence-corrected chi connectivity index (χ4v) is 4.40. The van der Waals surface area contributed by atoms with E-state index in [1.54, 1.807) is 21.9 Å². The van der Waals surface area contributed by atoms with E-state index in [1.807, 2.05) is 24.3 Å². The predicted molar refractivity (Wildman–Crippen MR) is 120 cm³/mol. The number of benzene rings is 2. The Morgan fingerprint density at radius 3 is 2.41 bits per heavy atom. The summed E-state index contributed by atoms with van der Waals surface area (Å²) in [6.45, 7) is 3.37. The molecule has 1 N–H and O–H groups in total. The molecular weight excluding hydrogens is 409 g/mol. The monoisotopic (exact) mass is 437 g/mol. The van der Waals surface area contributed by atoms with E-state index in [0.29, 0.717) is 32.5 Å². The van der Waals surface area contributed by atoms with Crippen molar-refractivity contribution in [1.29, 1.82) is 0 Å². The summed E-state index contributed by atoms with van der Waals surface area (Å²) in [5.74, 6) is -1.39. The topological polar surface area (TPSA) is 69.7 Å². The standard InChI is InChI=1S/C25H28FN3O3/c1-2-17-7-9-20(10-8-17)29-16-18(15-23(29)30)24(31)27-19-11-13-28(14-12-19)25(32)21-5-3-4-6-22(21)26/h3-10,18-19H,2,11-16H2,1H3,(H,27,31). The first-order valence-corrected chi connectivity index (χ1v) is 11.2. The van der Waals surface area contributed by atoms with Crippen LogP contribution in [0.25, 0.3) is 0 Å². The third kappa shape index (κ3) is 4.66. The fourth-order valence-electron chi connectivity index (χ4n) is 4.40. The molecule has 0 spiro atoms. The minimum absolute atomic E-state index is 0.0419. The summed E-state index contributed by atoms with van der Waals surface area (Å²) in [5.41, 5.74) is 2.10. The highest BCUT2D eigenvalue weighted by Crippen LogP contribution is 2.26. The van der Waals surface area contributed by atoms with Gasteiger partial charge in [-0.15, -0.1) is 0 Å². The molecule has 3 amide bonds. The summed E-state index contributed by atoms with van der Waals surface area (Å²) >= 11 is 0. The summed E-state index contributed by atoms with van der Waals surface area (Å²) in [5, 5.41) is 3.05. The number of carbonyl (C=O) groups is 3. The third-order valence-electron chi connectivity index (χ3n) is 6.38. The van der Waals surface area contributed by atoms with Crippen molar-refractivity contribution in [1.82, 2.24) is 10.2 Å². The van der Waals surface area contributed by atoms with Crippen LogP contribution in [-0.4, -0.2) is 48.3 Å². The average molecular weight is 438 g/mol. The number of aryl methyl sites for hydroxylation is 1. The highest BCUT2D eigenvalue weighted by atomic mass is 19.1. The number of anilines is 1. The molecule has 4 rings (SSSR count). The Morgan fingerprint density at radius 1 is 1.06 bits per heavy atom. The second-order valence-electron chi connectivity index (χ2n) is 8.48. The zero-order valence-electron chi connectivity index (χ0n) is 18.2. The Bertz CT molecular complexity index is 1000. The van der Waals surface area contributed by atoms with Crippen molar-refractivity contribution in [3.8, 4) is 0 Å². The van der Waals surface area contributed by atoms with Crippen molar-refractivity contribution < 1.29 is 18.8 Å². The van der Waals surface area contributed by atoms with Gasteiger partial charge in [0.1, 0.15) is 5.82 Å². The smallest absolute Gasteiger partial charge is 0.256 e. The van der Waals surface area contributed by atoms with Gasteiger partial charge in [0.25, 0.3) is 5.91 Å². The van der Waals surface area contributed by atoms with Gasteiger partial charge in [0.15, 0.2) is 0 Å². The number of hydrogen-bond donors (Lipinski definition) is 1. The van der Waals surface area contributed by atoms with Crippen molar-refractivity contribution in [2.45, 2.75) is 38.6 Å². The normalized spacial score (nSPS) is 19.3. The van der Waals surface area contributed by atoms with Crippen LogP contribution in [0.15, 0.2) is 48.5 Å². The van der Waals surface area contributed by atoms with Crippen LogP contribution < -0.4 is 10.2 Å². The summed E-state index contributed by atoms with van der Waals surface area (Å²) in [7, 11) is 0. The van der Waals surface area contributed by atoms with Crippen LogP contribution in [-0.2, 0) is 16.0 Å². The van der Waals surface area contributed by atoms with Crippen LogP contribution in [0.2, 0.25) is 0 Å². The first kappa shape index (κ1) is 22.0. The zero-order chi connectivity index (χ0) is 22.7. The molecule has 1 unspecified atom stereocenters. The van der Waals surface area contributed by atoms with Crippen LogP contribution in [0.1, 0.15) is 42.1 Å². The highest BCUT2D eigenvalue weighted by molar-refractivity contribution is 6.00. The molecule has 2 saturated heterocycles. The molecule has 2 aliphatic heterocycles. The van der Waals surface area contributed by atoms with Crippen molar-refractivity contribution >= 4 is 23.4 Å². The molecule has 2 aromatic rings. The summed E-state index contributed by atoms with van der Waals surface area (Å²) in [6, 6.07) is 13.8. The van der Waals surface area contributed by atoms with Gasteiger partial charge in [0, 0.05) is 37.8 Å². The Balaban J connectivity index is 1.29. The zero-order valence-corrected chi connectivity index (χ0v) is 18.2. The third-order valence-corrected chi connectivity index (χ3v) is 6.38. The number of piperidine rings is 1. The van der Waals surface area contributed by atoms with Crippen LogP contribution in [0.4, 0.5) is 10.1 Å². The van der Waals surface area contributed by atoms with E-state index in [0.717, 1.165) is 12.1 Å². The van der Waals surface area contributed by atoms with Gasteiger partial charge < -0.3 is 15.1 Å². The lowest BCUT2D eigenvalue weighted by Gasteiger charge is -2.33. The van der Waals surface area contributed by atoms with Crippen molar-refractivity contribution in [2.75, 3.05) is 24.5 Å². The largest absolute Gasteiger partial charge is 0.353 e. The van der Waals surface area contributed by atoms with Gasteiger partial charge in [-0.1, -0.05) is 31.2 Å². The molecule has 168 valence electrons. The van der Waals surface area contributed by atoms with E-state index < -0.39 is 5.82 Å². The second-order valence-corrected chi connectivity index (χ2v) is 8.48. The minimum atomic E-state index is -0.521. The van der Waals surface area contributed by atoms with Crippen LogP contribution in [0, 0.1) is 11.7 Å². The van der Waals surface area contributed by atoms with E-state index >= 15 is 0 Å². The summed E-state index contributed by atoms with van der Waals surface area (Å²) in [4.78, 5) is 41.2. The molecule has 1 atom stereocenters. The van der Waals surface area contributed by atoms with Crippen molar-refractivity contribution in [2.24, 2.45) is 5.92 Å². The fraction of sp³-hybridized carbons (Fsp3) is 0.400. The molecule has 0 bridgehead atoms. The Morgan fingerprint density at radius 2 is 1.75 bits per heavy atom. The summed E-state index contributed by atoms with van der Waals surface area (Å²) < 4.78 is 13.9. The van der Waals surface area contributed by atoms with E-state index in [1.165, 1.54) is 17.7 Å². The number of halogens is 1. The molecular formula is C25H28FN3O3. The molecule has 0 saturated carbocycles. The molecule has 6 nitrogen and oxygen atoms in total. The van der Waals surface area contributed by atoms with Crippen LogP contribution in [0.3, 0.4) is 0 Å². The number of nitrogens with one attached hydrogen (secondary N) is 1. The lowest BCUT2D eigenvalue weighted by Crippen LogP contribution is -2.48. The maximum absolute atomic E-state index is 13.9. The van der Waals surface area contributed by atoms with E-state index in [2.05, 4.69) is 12.2 Å². The highest BCUT2D eigenvalue weighted by Gasteiger charge is 2.36. The minimum Gasteiger partial charge on any atom is -0.353 e. The number of rotatable bonds is 5. The van der Waals surface area contributed by atoms with Gasteiger partial charge in [0.2, 0.25) is 11.8 Å². The lowest BCUT2D eigenvalue weighted by atomic mass is 10.0. The van der Waals surface area contributed by atoms with E-state index in [4.69, 9.17) is 0 Å². The number of amides is 3. The molecule has 7 heteroatoms. The van der Waals surface area contributed by atoms with Gasteiger partial charge in [0.05, 0.1) is 11.5 Å². The molecule has 0 radical (unpaired) electrons. The average Bonchev–Trinajstić information content (AvgIpc) is 3.21. The first-order valence-electron chi connectivity index (χ1n) is 11.2. The van der Waals surface area contributed by atoms with Gasteiger partial charge in [-0.05, 0) is 49.1 Å². The second kappa shape index (κ2) is 9.51. The quantitative estimate of drug-likeness (QED) is 0.781.